The first-order chi connectivity index (χ1) is 15.7. The molecule has 1 N–H and O–H groups in total. The van der Waals surface area contributed by atoms with Gasteiger partial charge in [0.05, 0.1) is 5.52 Å². The molecule has 4 aromatic rings. The number of aromatic nitrogens is 2. The molecule has 0 unspecified atom stereocenters. The second-order valence-corrected chi connectivity index (χ2v) is 8.43. The molecule has 5 nitrogen and oxygen atoms in total. The minimum Gasteiger partial charge on any atom is -0.367 e. The zero-order valence-electron chi connectivity index (χ0n) is 18.6. The van der Waals surface area contributed by atoms with Crippen LogP contribution in [0.25, 0.3) is 22.0 Å². The summed E-state index contributed by atoms with van der Waals surface area (Å²) in [5.41, 5.74) is 5.41. The van der Waals surface area contributed by atoms with Crippen molar-refractivity contribution in [3.63, 3.8) is 0 Å². The predicted molar refractivity (Wildman–Crippen MR) is 135 cm³/mol. The van der Waals surface area contributed by atoms with E-state index in [-0.39, 0.29) is 18.3 Å². The first-order valence-corrected chi connectivity index (χ1v) is 11.1. The molecule has 1 heterocycles. The summed E-state index contributed by atoms with van der Waals surface area (Å²) in [5.74, 6) is 0.971. The number of benzene rings is 3. The highest BCUT2D eigenvalue weighted by molar-refractivity contribution is 5.92. The van der Waals surface area contributed by atoms with E-state index in [1.54, 1.807) is 13.3 Å². The fourth-order valence-corrected chi connectivity index (χ4v) is 3.92. The zero-order chi connectivity index (χ0) is 21.9. The first-order valence-electron chi connectivity index (χ1n) is 11.1. The molecule has 0 radical (unpaired) electrons. The van der Waals surface area contributed by atoms with Crippen LogP contribution in [0, 0.1) is 0 Å². The van der Waals surface area contributed by atoms with Crippen LogP contribution in [0.15, 0.2) is 79.1 Å². The molecule has 1 aliphatic rings. The quantitative estimate of drug-likeness (QED) is 0.378. The third-order valence-electron chi connectivity index (χ3n) is 5.85. The van der Waals surface area contributed by atoms with Gasteiger partial charge in [0.2, 0.25) is 5.91 Å². The fraction of sp³-hybridized carbons (Fsp3) is 0.222. The summed E-state index contributed by atoms with van der Waals surface area (Å²) in [7, 11) is 0. The number of nitrogens with zero attached hydrogens (tertiary/aromatic N) is 3. The Morgan fingerprint density at radius 3 is 2.39 bits per heavy atom. The maximum atomic E-state index is 12.3. The molecule has 0 aliphatic heterocycles. The lowest BCUT2D eigenvalue weighted by molar-refractivity contribution is -0.130. The third-order valence-corrected chi connectivity index (χ3v) is 5.85. The second-order valence-electron chi connectivity index (χ2n) is 8.43. The molecular weight excluding hydrogens is 432 g/mol. The summed E-state index contributed by atoms with van der Waals surface area (Å²) in [4.78, 5) is 23.1. The predicted octanol–water partition coefficient (Wildman–Crippen LogP) is 5.84. The van der Waals surface area contributed by atoms with Gasteiger partial charge in [0.25, 0.3) is 0 Å². The van der Waals surface area contributed by atoms with Crippen LogP contribution < -0.4 is 5.32 Å². The monoisotopic (exact) mass is 458 g/mol. The largest absolute Gasteiger partial charge is 0.367 e. The number of carbonyl (C=O) groups is 1. The summed E-state index contributed by atoms with van der Waals surface area (Å²) in [6.45, 7) is 2.80. The molecule has 1 aromatic heterocycles. The average Bonchev–Trinajstić information content (AvgIpc) is 3.63. The lowest BCUT2D eigenvalue weighted by Crippen LogP contribution is -2.27. The van der Waals surface area contributed by atoms with E-state index in [9.17, 15) is 4.79 Å². The highest BCUT2D eigenvalue weighted by atomic mass is 35.5. The Morgan fingerprint density at radius 1 is 0.909 bits per heavy atom. The van der Waals surface area contributed by atoms with Gasteiger partial charge in [0.1, 0.15) is 12.1 Å². The smallest absolute Gasteiger partial charge is 0.220 e. The Bertz CT molecular complexity index is 1260. The van der Waals surface area contributed by atoms with Gasteiger partial charge in [0.15, 0.2) is 0 Å². The number of nitrogens with one attached hydrogen (secondary N) is 1. The van der Waals surface area contributed by atoms with Crippen molar-refractivity contribution in [2.24, 2.45) is 0 Å². The van der Waals surface area contributed by atoms with Crippen LogP contribution in [0.3, 0.4) is 0 Å². The topological polar surface area (TPSA) is 58.1 Å². The number of rotatable bonds is 7. The van der Waals surface area contributed by atoms with Crippen LogP contribution in [0.2, 0.25) is 0 Å². The summed E-state index contributed by atoms with van der Waals surface area (Å²) in [5, 5.41) is 4.55. The number of hydrogen-bond donors (Lipinski definition) is 1. The summed E-state index contributed by atoms with van der Waals surface area (Å²) in [6, 6.07) is 25.4. The Labute approximate surface area is 200 Å². The van der Waals surface area contributed by atoms with Crippen LogP contribution in [-0.2, 0) is 17.9 Å². The summed E-state index contributed by atoms with van der Waals surface area (Å²) in [6.07, 6.45) is 4.02. The van der Waals surface area contributed by atoms with E-state index < -0.39 is 0 Å². The van der Waals surface area contributed by atoms with E-state index in [0.29, 0.717) is 19.1 Å². The minimum absolute atomic E-state index is 0. The molecule has 0 bridgehead atoms. The lowest BCUT2D eigenvalue weighted by Gasteiger charge is -2.21. The Hall–Kier alpha value is -3.44. The van der Waals surface area contributed by atoms with E-state index in [1.165, 1.54) is 12.8 Å². The molecule has 0 saturated heterocycles. The van der Waals surface area contributed by atoms with Crippen LogP contribution in [0.5, 0.6) is 0 Å². The Balaban J connectivity index is 0.00000259. The summed E-state index contributed by atoms with van der Waals surface area (Å²) < 4.78 is 0. The number of fused-ring (bicyclic) bond motifs is 1. The van der Waals surface area contributed by atoms with Crippen LogP contribution in [-0.4, -0.2) is 26.8 Å². The summed E-state index contributed by atoms with van der Waals surface area (Å²) >= 11 is 0. The lowest BCUT2D eigenvalue weighted by atomic mass is 10.0. The number of anilines is 1. The van der Waals surface area contributed by atoms with Gasteiger partial charge < -0.3 is 10.2 Å². The van der Waals surface area contributed by atoms with Crippen LogP contribution in [0.1, 0.15) is 30.9 Å². The molecule has 1 saturated carbocycles. The maximum Gasteiger partial charge on any atom is 0.220 e. The van der Waals surface area contributed by atoms with Gasteiger partial charge >= 0.3 is 0 Å². The first kappa shape index (κ1) is 22.7. The minimum atomic E-state index is 0. The molecular formula is C27H27ClN4O. The van der Waals surface area contributed by atoms with Crippen LogP contribution >= 0.6 is 12.4 Å². The van der Waals surface area contributed by atoms with Crippen molar-refractivity contribution in [1.29, 1.82) is 0 Å². The van der Waals surface area contributed by atoms with Gasteiger partial charge in [-0.15, -0.1) is 12.4 Å². The third kappa shape index (κ3) is 5.49. The van der Waals surface area contributed by atoms with Crippen molar-refractivity contribution in [2.75, 3.05) is 5.32 Å². The molecule has 1 fully saturated rings. The number of amides is 1. The van der Waals surface area contributed by atoms with Crippen molar-refractivity contribution in [1.82, 2.24) is 14.9 Å². The number of halogens is 1. The van der Waals surface area contributed by atoms with Crippen molar-refractivity contribution >= 4 is 35.0 Å². The standard InChI is InChI=1S/C27H26N4O.ClH/c1-19(32)31(16-20-6-3-2-4-7-20)17-21-8-5-9-22(14-21)23-10-13-26-25(15-23)27(29-18-28-26)30-24-11-12-24;/h2-10,13-15,18,24H,11-12,16-17H2,1H3,(H,28,29,30);1H. The van der Waals surface area contributed by atoms with Gasteiger partial charge in [-0.3, -0.25) is 4.79 Å². The van der Waals surface area contributed by atoms with Gasteiger partial charge in [-0.25, -0.2) is 9.97 Å². The van der Waals surface area contributed by atoms with Crippen molar-refractivity contribution in [3.05, 3.63) is 90.3 Å². The van der Waals surface area contributed by atoms with E-state index >= 15 is 0 Å². The molecule has 5 rings (SSSR count). The molecule has 0 atom stereocenters. The van der Waals surface area contributed by atoms with Gasteiger partial charge in [-0.2, -0.15) is 0 Å². The molecule has 3 aromatic carbocycles. The number of carbonyl (C=O) groups excluding carboxylic acids is 1. The van der Waals surface area contributed by atoms with E-state index in [4.69, 9.17) is 0 Å². The Kier molecular flexibility index (Phi) is 6.90. The van der Waals surface area contributed by atoms with Crippen molar-refractivity contribution in [2.45, 2.75) is 38.9 Å². The van der Waals surface area contributed by atoms with Gasteiger partial charge in [-0.1, -0.05) is 54.6 Å². The van der Waals surface area contributed by atoms with Crippen LogP contribution in [0.4, 0.5) is 5.82 Å². The normalized spacial score (nSPS) is 12.8. The number of hydrogen-bond acceptors (Lipinski definition) is 4. The van der Waals surface area contributed by atoms with E-state index in [1.807, 2.05) is 29.2 Å². The molecule has 1 amide bonds. The average molecular weight is 459 g/mol. The van der Waals surface area contributed by atoms with Gasteiger partial charge in [-0.05, 0) is 53.3 Å². The highest BCUT2D eigenvalue weighted by Crippen LogP contribution is 2.31. The molecule has 1 aliphatic carbocycles. The van der Waals surface area contributed by atoms with Crippen molar-refractivity contribution in [3.8, 4) is 11.1 Å². The molecule has 33 heavy (non-hydrogen) atoms. The maximum absolute atomic E-state index is 12.3. The zero-order valence-corrected chi connectivity index (χ0v) is 19.4. The van der Waals surface area contributed by atoms with Gasteiger partial charge in [0, 0.05) is 31.4 Å². The van der Waals surface area contributed by atoms with E-state index in [2.05, 4.69) is 63.8 Å². The molecule has 6 heteroatoms. The van der Waals surface area contributed by atoms with Crippen molar-refractivity contribution < 1.29 is 4.79 Å². The fourth-order valence-electron chi connectivity index (χ4n) is 3.92. The highest BCUT2D eigenvalue weighted by Gasteiger charge is 2.22. The van der Waals surface area contributed by atoms with E-state index in [0.717, 1.165) is 39.0 Å². The molecule has 0 spiro atoms. The Morgan fingerprint density at radius 2 is 1.64 bits per heavy atom. The SMILES string of the molecule is CC(=O)N(Cc1ccccc1)Cc1cccc(-c2ccc3ncnc(NC4CC4)c3c2)c1.Cl. The second kappa shape index (κ2) is 10.0. The molecule has 168 valence electrons.